The SMILES string of the molecule is CCC(C)CN(C)c1ccc(C(CC)NC)nc1. The predicted octanol–water partition coefficient (Wildman–Crippen LogP) is 3.23. The number of hydrogen-bond acceptors (Lipinski definition) is 3. The van der Waals surface area contributed by atoms with E-state index in [1.807, 2.05) is 13.2 Å². The van der Waals surface area contributed by atoms with Crippen molar-refractivity contribution in [2.75, 3.05) is 25.5 Å². The van der Waals surface area contributed by atoms with Crippen LogP contribution in [0.1, 0.15) is 45.3 Å². The van der Waals surface area contributed by atoms with E-state index in [-0.39, 0.29) is 0 Å². The third-order valence-electron chi connectivity index (χ3n) is 3.61. The highest BCUT2D eigenvalue weighted by Crippen LogP contribution is 2.18. The summed E-state index contributed by atoms with van der Waals surface area (Å²) in [6.07, 6.45) is 4.26. The Morgan fingerprint density at radius 1 is 1.28 bits per heavy atom. The third-order valence-corrected chi connectivity index (χ3v) is 3.61. The van der Waals surface area contributed by atoms with Gasteiger partial charge >= 0.3 is 0 Å². The van der Waals surface area contributed by atoms with Gasteiger partial charge in [-0.25, -0.2) is 0 Å². The molecule has 1 rings (SSSR count). The number of hydrogen-bond donors (Lipinski definition) is 1. The summed E-state index contributed by atoms with van der Waals surface area (Å²) in [6, 6.07) is 4.66. The molecule has 1 aromatic heterocycles. The van der Waals surface area contributed by atoms with E-state index in [1.165, 1.54) is 12.1 Å². The first-order chi connectivity index (χ1) is 8.62. The van der Waals surface area contributed by atoms with Crippen LogP contribution in [0.4, 0.5) is 5.69 Å². The molecule has 1 N–H and O–H groups in total. The number of nitrogens with zero attached hydrogens (tertiary/aromatic N) is 2. The molecule has 3 nitrogen and oxygen atoms in total. The van der Waals surface area contributed by atoms with Crippen LogP contribution in [-0.4, -0.2) is 25.6 Å². The molecule has 0 radical (unpaired) electrons. The Morgan fingerprint density at radius 2 is 2.00 bits per heavy atom. The lowest BCUT2D eigenvalue weighted by atomic mass is 10.1. The summed E-state index contributed by atoms with van der Waals surface area (Å²) in [5, 5.41) is 3.28. The van der Waals surface area contributed by atoms with Gasteiger partial charge in [0.25, 0.3) is 0 Å². The molecule has 0 amide bonds. The molecule has 0 aromatic carbocycles. The Morgan fingerprint density at radius 3 is 2.44 bits per heavy atom. The van der Waals surface area contributed by atoms with Crippen molar-refractivity contribution in [3.63, 3.8) is 0 Å². The molecule has 1 heterocycles. The largest absolute Gasteiger partial charge is 0.373 e. The van der Waals surface area contributed by atoms with Crippen molar-refractivity contribution in [1.29, 1.82) is 0 Å². The highest BCUT2D eigenvalue weighted by molar-refractivity contribution is 5.43. The summed E-state index contributed by atoms with van der Waals surface area (Å²) >= 11 is 0. The van der Waals surface area contributed by atoms with Crippen molar-refractivity contribution < 1.29 is 0 Å². The van der Waals surface area contributed by atoms with Gasteiger partial charge < -0.3 is 10.2 Å². The standard InChI is InChI=1S/C15H27N3/c1-6-12(3)11-18(5)13-8-9-15(17-10-13)14(7-2)16-4/h8-10,12,14,16H,6-7,11H2,1-5H3. The number of pyridine rings is 1. The molecule has 0 saturated carbocycles. The topological polar surface area (TPSA) is 28.2 Å². The van der Waals surface area contributed by atoms with Crippen molar-refractivity contribution in [3.8, 4) is 0 Å². The molecule has 2 unspecified atom stereocenters. The molecule has 0 aliphatic rings. The van der Waals surface area contributed by atoms with E-state index in [2.05, 4.69) is 55.2 Å². The quantitative estimate of drug-likeness (QED) is 0.804. The fraction of sp³-hybridized carbons (Fsp3) is 0.667. The van der Waals surface area contributed by atoms with Gasteiger partial charge in [-0.3, -0.25) is 4.98 Å². The first-order valence-corrected chi connectivity index (χ1v) is 6.96. The van der Waals surface area contributed by atoms with Crippen LogP contribution in [0, 0.1) is 5.92 Å². The molecule has 3 heteroatoms. The van der Waals surface area contributed by atoms with E-state index in [9.17, 15) is 0 Å². The smallest absolute Gasteiger partial charge is 0.0574 e. The maximum atomic E-state index is 4.57. The molecule has 0 fully saturated rings. The van der Waals surface area contributed by atoms with Crippen molar-refractivity contribution in [3.05, 3.63) is 24.0 Å². The van der Waals surface area contributed by atoms with Gasteiger partial charge in [-0.15, -0.1) is 0 Å². The second-order valence-electron chi connectivity index (χ2n) is 5.08. The zero-order valence-electron chi connectivity index (χ0n) is 12.4. The molecule has 1 aromatic rings. The van der Waals surface area contributed by atoms with Crippen molar-refractivity contribution >= 4 is 5.69 Å². The van der Waals surface area contributed by atoms with Crippen molar-refractivity contribution in [2.24, 2.45) is 5.92 Å². The molecule has 18 heavy (non-hydrogen) atoms. The predicted molar refractivity (Wildman–Crippen MR) is 79.1 cm³/mol. The molecular weight excluding hydrogens is 222 g/mol. The summed E-state index contributed by atoms with van der Waals surface area (Å²) in [5.74, 6) is 0.718. The third kappa shape index (κ3) is 3.98. The van der Waals surface area contributed by atoms with Gasteiger partial charge in [0, 0.05) is 19.6 Å². The van der Waals surface area contributed by atoms with Crippen LogP contribution < -0.4 is 10.2 Å². The van der Waals surface area contributed by atoms with E-state index >= 15 is 0 Å². The highest BCUT2D eigenvalue weighted by atomic mass is 15.1. The molecule has 0 aliphatic heterocycles. The minimum absolute atomic E-state index is 0.360. The minimum atomic E-state index is 0.360. The second-order valence-corrected chi connectivity index (χ2v) is 5.08. The van der Waals surface area contributed by atoms with E-state index in [0.29, 0.717) is 6.04 Å². The summed E-state index contributed by atoms with van der Waals surface area (Å²) in [7, 11) is 4.12. The van der Waals surface area contributed by atoms with E-state index < -0.39 is 0 Å². The summed E-state index contributed by atoms with van der Waals surface area (Å²) in [6.45, 7) is 7.78. The van der Waals surface area contributed by atoms with Gasteiger partial charge in [0.15, 0.2) is 0 Å². The lowest BCUT2D eigenvalue weighted by Gasteiger charge is -2.23. The van der Waals surface area contributed by atoms with Gasteiger partial charge in [-0.2, -0.15) is 0 Å². The summed E-state index contributed by atoms with van der Waals surface area (Å²) < 4.78 is 0. The van der Waals surface area contributed by atoms with Gasteiger partial charge in [-0.05, 0) is 31.5 Å². The number of aromatic nitrogens is 1. The lowest BCUT2D eigenvalue weighted by molar-refractivity contribution is 0.555. The molecule has 0 aliphatic carbocycles. The van der Waals surface area contributed by atoms with Gasteiger partial charge in [-0.1, -0.05) is 27.2 Å². The average Bonchev–Trinajstić information content (AvgIpc) is 2.40. The average molecular weight is 249 g/mol. The number of anilines is 1. The first kappa shape index (κ1) is 15.0. The van der Waals surface area contributed by atoms with Crippen LogP contribution in [0.15, 0.2) is 18.3 Å². The van der Waals surface area contributed by atoms with Gasteiger partial charge in [0.05, 0.1) is 17.6 Å². The van der Waals surface area contributed by atoms with Crippen molar-refractivity contribution in [1.82, 2.24) is 10.3 Å². The van der Waals surface area contributed by atoms with Gasteiger partial charge in [0.1, 0.15) is 0 Å². The first-order valence-electron chi connectivity index (χ1n) is 6.96. The Bertz CT molecular complexity index is 330. The van der Waals surface area contributed by atoms with Crippen LogP contribution in [0.25, 0.3) is 0 Å². The fourth-order valence-electron chi connectivity index (χ4n) is 2.09. The maximum Gasteiger partial charge on any atom is 0.0574 e. The molecule has 0 bridgehead atoms. The van der Waals surface area contributed by atoms with Crippen LogP contribution >= 0.6 is 0 Å². The minimum Gasteiger partial charge on any atom is -0.373 e. The summed E-state index contributed by atoms with van der Waals surface area (Å²) in [5.41, 5.74) is 2.32. The molecule has 102 valence electrons. The van der Waals surface area contributed by atoms with Gasteiger partial charge in [0.2, 0.25) is 0 Å². The normalized spacial score (nSPS) is 14.3. The Hall–Kier alpha value is -1.09. The fourth-order valence-corrected chi connectivity index (χ4v) is 2.09. The van der Waals surface area contributed by atoms with E-state index in [0.717, 1.165) is 24.6 Å². The number of nitrogens with one attached hydrogen (secondary N) is 1. The van der Waals surface area contributed by atoms with Crippen LogP contribution in [-0.2, 0) is 0 Å². The van der Waals surface area contributed by atoms with E-state index in [1.54, 1.807) is 0 Å². The van der Waals surface area contributed by atoms with Crippen LogP contribution in [0.3, 0.4) is 0 Å². The Kier molecular flexibility index (Phi) is 6.13. The molecule has 2 atom stereocenters. The van der Waals surface area contributed by atoms with Crippen molar-refractivity contribution in [2.45, 2.75) is 39.7 Å². The highest BCUT2D eigenvalue weighted by Gasteiger charge is 2.09. The molecular formula is C15H27N3. The number of rotatable bonds is 7. The van der Waals surface area contributed by atoms with Crippen LogP contribution in [0.5, 0.6) is 0 Å². The van der Waals surface area contributed by atoms with E-state index in [4.69, 9.17) is 0 Å². The molecule has 0 saturated heterocycles. The maximum absolute atomic E-state index is 4.57. The molecule has 0 spiro atoms. The summed E-state index contributed by atoms with van der Waals surface area (Å²) in [4.78, 5) is 6.85. The second kappa shape index (κ2) is 7.37. The van der Waals surface area contributed by atoms with Crippen LogP contribution in [0.2, 0.25) is 0 Å². The zero-order valence-corrected chi connectivity index (χ0v) is 12.4. The monoisotopic (exact) mass is 249 g/mol. The zero-order chi connectivity index (χ0) is 13.5. The Labute approximate surface area is 112 Å². The Balaban J connectivity index is 2.70. The lowest BCUT2D eigenvalue weighted by Crippen LogP contribution is -2.24.